The first-order valence-electron chi connectivity index (χ1n) is 6.60. The summed E-state index contributed by atoms with van der Waals surface area (Å²) in [6, 6.07) is 6.19. The third kappa shape index (κ3) is 3.90. The predicted octanol–water partition coefficient (Wildman–Crippen LogP) is 2.11. The molecule has 4 nitrogen and oxygen atoms in total. The second kappa shape index (κ2) is 6.65. The molecule has 1 aromatic carbocycles. The fourth-order valence-corrected chi connectivity index (χ4v) is 2.35. The van der Waals surface area contributed by atoms with Gasteiger partial charge in [0.25, 0.3) is 5.91 Å². The van der Waals surface area contributed by atoms with E-state index in [0.29, 0.717) is 18.2 Å². The molecule has 0 aliphatic carbocycles. The summed E-state index contributed by atoms with van der Waals surface area (Å²) in [5.74, 6) is -0.198. The summed E-state index contributed by atoms with van der Waals surface area (Å²) in [5.41, 5.74) is 0.351. The van der Waals surface area contributed by atoms with E-state index in [1.807, 2.05) is 0 Å². The van der Waals surface area contributed by atoms with E-state index < -0.39 is 6.61 Å². The molecule has 1 heterocycles. The van der Waals surface area contributed by atoms with E-state index in [1.165, 1.54) is 18.2 Å². The molecule has 2 rings (SSSR count). The molecule has 1 unspecified atom stereocenters. The van der Waals surface area contributed by atoms with Gasteiger partial charge in [-0.2, -0.15) is 8.78 Å². The number of hydrogen-bond donors (Lipinski definition) is 1. The Morgan fingerprint density at radius 2 is 2.35 bits per heavy atom. The zero-order valence-corrected chi connectivity index (χ0v) is 11.3. The van der Waals surface area contributed by atoms with Gasteiger partial charge in [-0.15, -0.1) is 0 Å². The molecule has 0 aromatic heterocycles. The number of benzene rings is 1. The second-order valence-electron chi connectivity index (χ2n) is 4.89. The van der Waals surface area contributed by atoms with Gasteiger partial charge >= 0.3 is 6.61 Å². The number of hydrogen-bond acceptors (Lipinski definition) is 3. The standard InChI is InChI=1S/C14H18F2N2O2/c1-18(9-11-5-3-7-17-11)13(19)10-4-2-6-12(8-10)20-14(15)16/h2,4,6,8,11,14,17H,3,5,7,9H2,1H3. The maximum atomic E-state index is 12.2. The van der Waals surface area contributed by atoms with Crippen LogP contribution in [0.5, 0.6) is 5.75 Å². The minimum Gasteiger partial charge on any atom is -0.435 e. The van der Waals surface area contributed by atoms with Gasteiger partial charge in [0.2, 0.25) is 0 Å². The third-order valence-electron chi connectivity index (χ3n) is 3.31. The molecule has 110 valence electrons. The Balaban J connectivity index is 2.00. The van der Waals surface area contributed by atoms with Gasteiger partial charge in [0.1, 0.15) is 5.75 Å². The summed E-state index contributed by atoms with van der Waals surface area (Å²) in [5, 5.41) is 3.31. The van der Waals surface area contributed by atoms with E-state index in [4.69, 9.17) is 0 Å². The Bertz CT molecular complexity index is 462. The number of halogens is 2. The molecule has 1 aromatic rings. The van der Waals surface area contributed by atoms with Crippen molar-refractivity contribution in [2.45, 2.75) is 25.5 Å². The Morgan fingerprint density at radius 1 is 1.55 bits per heavy atom. The monoisotopic (exact) mass is 284 g/mol. The molecule has 6 heteroatoms. The van der Waals surface area contributed by atoms with E-state index in [-0.39, 0.29) is 11.7 Å². The lowest BCUT2D eigenvalue weighted by Gasteiger charge is -2.21. The number of ether oxygens (including phenoxy) is 1. The molecule has 0 radical (unpaired) electrons. The van der Waals surface area contributed by atoms with Gasteiger partial charge < -0.3 is 15.0 Å². The SMILES string of the molecule is CN(CC1CCCN1)C(=O)c1cccc(OC(F)F)c1. The van der Waals surface area contributed by atoms with Crippen molar-refractivity contribution < 1.29 is 18.3 Å². The molecule has 0 spiro atoms. The molecule has 20 heavy (non-hydrogen) atoms. The Labute approximate surface area is 116 Å². The molecule has 1 saturated heterocycles. The number of amides is 1. The quantitative estimate of drug-likeness (QED) is 0.900. The first kappa shape index (κ1) is 14.7. The van der Waals surface area contributed by atoms with Crippen LogP contribution in [0, 0.1) is 0 Å². The van der Waals surface area contributed by atoms with E-state index >= 15 is 0 Å². The van der Waals surface area contributed by atoms with Crippen molar-refractivity contribution in [1.82, 2.24) is 10.2 Å². The predicted molar refractivity (Wildman–Crippen MR) is 71.1 cm³/mol. The molecule has 1 atom stereocenters. The number of alkyl halides is 2. The Morgan fingerprint density at radius 3 is 3.00 bits per heavy atom. The van der Waals surface area contributed by atoms with Crippen LogP contribution in [-0.4, -0.2) is 43.6 Å². The van der Waals surface area contributed by atoms with E-state index in [1.54, 1.807) is 18.0 Å². The van der Waals surface area contributed by atoms with Gasteiger partial charge in [-0.1, -0.05) is 6.07 Å². The highest BCUT2D eigenvalue weighted by molar-refractivity contribution is 5.94. The smallest absolute Gasteiger partial charge is 0.387 e. The highest BCUT2D eigenvalue weighted by Gasteiger charge is 2.20. The zero-order chi connectivity index (χ0) is 14.5. The van der Waals surface area contributed by atoms with E-state index in [2.05, 4.69) is 10.1 Å². The molecule has 1 aliphatic heterocycles. The lowest BCUT2D eigenvalue weighted by Crippen LogP contribution is -2.38. The van der Waals surface area contributed by atoms with Crippen LogP contribution in [0.4, 0.5) is 8.78 Å². The molecule has 0 saturated carbocycles. The van der Waals surface area contributed by atoms with Crippen molar-refractivity contribution in [1.29, 1.82) is 0 Å². The van der Waals surface area contributed by atoms with Crippen LogP contribution in [0.15, 0.2) is 24.3 Å². The Hall–Kier alpha value is -1.69. The number of nitrogens with zero attached hydrogens (tertiary/aromatic N) is 1. The number of nitrogens with one attached hydrogen (secondary N) is 1. The maximum Gasteiger partial charge on any atom is 0.387 e. The summed E-state index contributed by atoms with van der Waals surface area (Å²) in [7, 11) is 1.71. The summed E-state index contributed by atoms with van der Waals surface area (Å²) >= 11 is 0. The van der Waals surface area contributed by atoms with Gasteiger partial charge in [-0.25, -0.2) is 0 Å². The summed E-state index contributed by atoms with van der Waals surface area (Å²) in [6.45, 7) is -1.30. The van der Waals surface area contributed by atoms with Crippen molar-refractivity contribution in [3.8, 4) is 5.75 Å². The Kier molecular flexibility index (Phi) is 4.89. The molecule has 1 aliphatic rings. The average molecular weight is 284 g/mol. The molecule has 1 fully saturated rings. The van der Waals surface area contributed by atoms with Gasteiger partial charge in [0.05, 0.1) is 0 Å². The maximum absolute atomic E-state index is 12.2. The fraction of sp³-hybridized carbons (Fsp3) is 0.500. The normalized spacial score (nSPS) is 18.3. The van der Waals surface area contributed by atoms with Crippen LogP contribution in [0.3, 0.4) is 0 Å². The van der Waals surface area contributed by atoms with Crippen molar-refractivity contribution in [3.63, 3.8) is 0 Å². The van der Waals surface area contributed by atoms with Crippen molar-refractivity contribution in [3.05, 3.63) is 29.8 Å². The van der Waals surface area contributed by atoms with Crippen molar-refractivity contribution >= 4 is 5.91 Å². The molecule has 1 amide bonds. The fourth-order valence-electron chi connectivity index (χ4n) is 2.35. The van der Waals surface area contributed by atoms with E-state index in [9.17, 15) is 13.6 Å². The number of carbonyl (C=O) groups is 1. The van der Waals surface area contributed by atoms with Crippen LogP contribution in [0.2, 0.25) is 0 Å². The number of rotatable bonds is 5. The van der Waals surface area contributed by atoms with Gasteiger partial charge in [0.15, 0.2) is 0 Å². The largest absolute Gasteiger partial charge is 0.435 e. The summed E-state index contributed by atoms with van der Waals surface area (Å²) in [6.07, 6.45) is 2.16. The van der Waals surface area contributed by atoms with Gasteiger partial charge in [-0.3, -0.25) is 4.79 Å². The zero-order valence-electron chi connectivity index (χ0n) is 11.3. The topological polar surface area (TPSA) is 41.6 Å². The lowest BCUT2D eigenvalue weighted by molar-refractivity contribution is -0.0499. The first-order chi connectivity index (χ1) is 9.56. The molecular formula is C14H18F2N2O2. The van der Waals surface area contributed by atoms with Crippen LogP contribution in [-0.2, 0) is 0 Å². The second-order valence-corrected chi connectivity index (χ2v) is 4.89. The highest BCUT2D eigenvalue weighted by atomic mass is 19.3. The van der Waals surface area contributed by atoms with Gasteiger partial charge in [-0.05, 0) is 37.6 Å². The average Bonchev–Trinajstić information content (AvgIpc) is 2.90. The van der Waals surface area contributed by atoms with Crippen LogP contribution in [0.25, 0.3) is 0 Å². The van der Waals surface area contributed by atoms with Gasteiger partial charge in [0, 0.05) is 25.2 Å². The minimum absolute atomic E-state index is 0.00163. The highest BCUT2D eigenvalue weighted by Crippen LogP contribution is 2.17. The van der Waals surface area contributed by atoms with E-state index in [0.717, 1.165) is 19.4 Å². The lowest BCUT2D eigenvalue weighted by atomic mass is 10.1. The number of likely N-dealkylation sites (N-methyl/N-ethyl adjacent to an activating group) is 1. The molecular weight excluding hydrogens is 266 g/mol. The summed E-state index contributed by atoms with van der Waals surface area (Å²) in [4.78, 5) is 13.8. The molecule has 1 N–H and O–H groups in total. The van der Waals surface area contributed by atoms with Crippen LogP contribution < -0.4 is 10.1 Å². The minimum atomic E-state index is -2.89. The number of carbonyl (C=O) groups excluding carboxylic acids is 1. The van der Waals surface area contributed by atoms with Crippen molar-refractivity contribution in [2.75, 3.05) is 20.1 Å². The third-order valence-corrected chi connectivity index (χ3v) is 3.31. The van der Waals surface area contributed by atoms with Crippen LogP contribution in [0.1, 0.15) is 23.2 Å². The van der Waals surface area contributed by atoms with Crippen LogP contribution >= 0.6 is 0 Å². The van der Waals surface area contributed by atoms with Crippen molar-refractivity contribution in [2.24, 2.45) is 0 Å². The first-order valence-corrected chi connectivity index (χ1v) is 6.60. The summed E-state index contributed by atoms with van der Waals surface area (Å²) < 4.78 is 28.6. The molecule has 0 bridgehead atoms.